The van der Waals surface area contributed by atoms with Crippen LogP contribution in [0.1, 0.15) is 19.8 Å². The van der Waals surface area contributed by atoms with Crippen LogP contribution in [0.25, 0.3) is 0 Å². The van der Waals surface area contributed by atoms with Crippen LogP contribution >= 0.6 is 0 Å². The fourth-order valence-corrected chi connectivity index (χ4v) is 2.60. The summed E-state index contributed by atoms with van der Waals surface area (Å²) in [7, 11) is 0. The lowest BCUT2D eigenvalue weighted by molar-refractivity contribution is -0.124. The maximum atomic E-state index is 13.6. The van der Waals surface area contributed by atoms with Crippen molar-refractivity contribution in [3.63, 3.8) is 0 Å². The zero-order valence-corrected chi connectivity index (χ0v) is 12.6. The quantitative estimate of drug-likeness (QED) is 0.825. The smallest absolute Gasteiger partial charge is 0.241 e. The van der Waals surface area contributed by atoms with Crippen LogP contribution in [0.5, 0.6) is 0 Å². The third-order valence-corrected chi connectivity index (χ3v) is 4.15. The SMILES string of the molecule is C[C@@H](C(=O)Nc1ccc(F)c(F)c1F)N1CCC(C(N)=O)CC1. The highest BCUT2D eigenvalue weighted by atomic mass is 19.2. The number of carbonyl (C=O) groups is 2. The van der Waals surface area contributed by atoms with Gasteiger partial charge in [-0.25, -0.2) is 13.2 Å². The molecule has 126 valence electrons. The number of likely N-dealkylation sites (tertiary alicyclic amines) is 1. The Labute approximate surface area is 131 Å². The Kier molecular flexibility index (Phi) is 5.25. The number of piperidine rings is 1. The fraction of sp³-hybridized carbons (Fsp3) is 0.467. The highest BCUT2D eigenvalue weighted by molar-refractivity contribution is 5.94. The van der Waals surface area contributed by atoms with Gasteiger partial charge in [-0.1, -0.05) is 0 Å². The molecule has 1 saturated heterocycles. The molecule has 0 radical (unpaired) electrons. The second-order valence-electron chi connectivity index (χ2n) is 5.60. The van der Waals surface area contributed by atoms with E-state index < -0.39 is 35.1 Å². The van der Waals surface area contributed by atoms with Gasteiger partial charge in [0.05, 0.1) is 11.7 Å². The van der Waals surface area contributed by atoms with Gasteiger partial charge in [0, 0.05) is 5.92 Å². The first kappa shape index (κ1) is 17.3. The van der Waals surface area contributed by atoms with E-state index in [1.807, 2.05) is 4.90 Å². The maximum absolute atomic E-state index is 13.6. The highest BCUT2D eigenvalue weighted by Crippen LogP contribution is 2.22. The van der Waals surface area contributed by atoms with Gasteiger partial charge in [0.15, 0.2) is 17.5 Å². The van der Waals surface area contributed by atoms with Crippen LogP contribution < -0.4 is 11.1 Å². The van der Waals surface area contributed by atoms with Crippen molar-refractivity contribution in [2.75, 3.05) is 18.4 Å². The number of hydrogen-bond donors (Lipinski definition) is 2. The molecule has 8 heteroatoms. The molecular weight excluding hydrogens is 311 g/mol. The van der Waals surface area contributed by atoms with Gasteiger partial charge in [-0.3, -0.25) is 14.5 Å². The molecule has 1 fully saturated rings. The average molecular weight is 329 g/mol. The van der Waals surface area contributed by atoms with Crippen molar-refractivity contribution in [2.45, 2.75) is 25.8 Å². The minimum Gasteiger partial charge on any atom is -0.369 e. The Hall–Kier alpha value is -2.09. The van der Waals surface area contributed by atoms with E-state index >= 15 is 0 Å². The number of amides is 2. The van der Waals surface area contributed by atoms with Crippen molar-refractivity contribution in [3.8, 4) is 0 Å². The Bertz CT molecular complexity index is 616. The summed E-state index contributed by atoms with van der Waals surface area (Å²) in [5.41, 5.74) is 4.84. The van der Waals surface area contributed by atoms with E-state index in [-0.39, 0.29) is 11.8 Å². The van der Waals surface area contributed by atoms with E-state index in [1.165, 1.54) is 0 Å². The summed E-state index contributed by atoms with van der Waals surface area (Å²) >= 11 is 0. The van der Waals surface area contributed by atoms with Crippen molar-refractivity contribution in [1.82, 2.24) is 4.90 Å². The van der Waals surface area contributed by atoms with Crippen LogP contribution in [0.4, 0.5) is 18.9 Å². The van der Waals surface area contributed by atoms with E-state index in [0.29, 0.717) is 25.9 Å². The lowest BCUT2D eigenvalue weighted by Crippen LogP contribution is -2.47. The Morgan fingerprint density at radius 2 is 1.83 bits per heavy atom. The number of anilines is 1. The molecule has 1 aromatic carbocycles. The molecule has 1 aromatic rings. The van der Waals surface area contributed by atoms with Crippen LogP contribution in [-0.2, 0) is 9.59 Å². The number of benzene rings is 1. The Morgan fingerprint density at radius 1 is 1.22 bits per heavy atom. The molecule has 0 aliphatic carbocycles. The summed E-state index contributed by atoms with van der Waals surface area (Å²) in [6, 6.07) is 1.12. The predicted molar refractivity (Wildman–Crippen MR) is 77.9 cm³/mol. The first-order chi connectivity index (χ1) is 10.8. The molecule has 0 saturated carbocycles. The number of hydrogen-bond acceptors (Lipinski definition) is 3. The maximum Gasteiger partial charge on any atom is 0.241 e. The van der Waals surface area contributed by atoms with E-state index in [4.69, 9.17) is 5.73 Å². The minimum atomic E-state index is -1.63. The molecule has 2 rings (SSSR count). The molecule has 23 heavy (non-hydrogen) atoms. The van der Waals surface area contributed by atoms with Gasteiger partial charge in [0.25, 0.3) is 0 Å². The molecule has 1 heterocycles. The van der Waals surface area contributed by atoms with Crippen LogP contribution in [-0.4, -0.2) is 35.8 Å². The van der Waals surface area contributed by atoms with Gasteiger partial charge in [0.2, 0.25) is 11.8 Å². The van der Waals surface area contributed by atoms with Gasteiger partial charge < -0.3 is 11.1 Å². The van der Waals surface area contributed by atoms with E-state index in [1.54, 1.807) is 6.92 Å². The summed E-state index contributed by atoms with van der Waals surface area (Å²) < 4.78 is 39.6. The molecule has 0 bridgehead atoms. The normalized spacial score (nSPS) is 17.7. The Morgan fingerprint density at radius 3 is 2.39 bits per heavy atom. The van der Waals surface area contributed by atoms with E-state index in [2.05, 4.69) is 5.32 Å². The van der Waals surface area contributed by atoms with Crippen molar-refractivity contribution in [3.05, 3.63) is 29.6 Å². The third-order valence-electron chi connectivity index (χ3n) is 4.15. The number of halogens is 3. The monoisotopic (exact) mass is 329 g/mol. The van der Waals surface area contributed by atoms with E-state index in [0.717, 1.165) is 12.1 Å². The summed E-state index contributed by atoms with van der Waals surface area (Å²) in [5.74, 6) is -5.47. The van der Waals surface area contributed by atoms with Gasteiger partial charge in [-0.2, -0.15) is 0 Å². The topological polar surface area (TPSA) is 75.4 Å². The fourth-order valence-electron chi connectivity index (χ4n) is 2.60. The number of nitrogens with zero attached hydrogens (tertiary/aromatic N) is 1. The van der Waals surface area contributed by atoms with Crippen molar-refractivity contribution >= 4 is 17.5 Å². The number of nitrogens with two attached hydrogens (primary N) is 1. The molecule has 0 spiro atoms. The van der Waals surface area contributed by atoms with Gasteiger partial charge in [0.1, 0.15) is 0 Å². The van der Waals surface area contributed by atoms with Gasteiger partial charge in [-0.05, 0) is 45.0 Å². The number of rotatable bonds is 4. The van der Waals surface area contributed by atoms with Crippen molar-refractivity contribution in [2.24, 2.45) is 11.7 Å². The Balaban J connectivity index is 1.99. The third kappa shape index (κ3) is 3.82. The van der Waals surface area contributed by atoms with Crippen molar-refractivity contribution in [1.29, 1.82) is 0 Å². The molecule has 0 aromatic heterocycles. The lowest BCUT2D eigenvalue weighted by atomic mass is 9.95. The molecule has 5 nitrogen and oxygen atoms in total. The molecule has 0 unspecified atom stereocenters. The molecule has 1 aliphatic heterocycles. The number of carbonyl (C=O) groups excluding carboxylic acids is 2. The van der Waals surface area contributed by atoms with Crippen LogP contribution in [0, 0.1) is 23.4 Å². The van der Waals surface area contributed by atoms with Crippen LogP contribution in [0.15, 0.2) is 12.1 Å². The van der Waals surface area contributed by atoms with Crippen LogP contribution in [0.2, 0.25) is 0 Å². The number of primary amides is 1. The molecular formula is C15H18F3N3O2. The zero-order chi connectivity index (χ0) is 17.1. The van der Waals surface area contributed by atoms with Crippen molar-refractivity contribution < 1.29 is 22.8 Å². The standard InChI is InChI=1S/C15H18F3N3O2/c1-8(21-6-4-9(5-7-21)14(19)22)15(23)20-11-3-2-10(16)12(17)13(11)18/h2-3,8-9H,4-7H2,1H3,(H2,19,22)(H,20,23)/t8-/m0/s1. The summed E-state index contributed by atoms with van der Waals surface area (Å²) in [4.78, 5) is 25.1. The second-order valence-corrected chi connectivity index (χ2v) is 5.60. The van der Waals surface area contributed by atoms with E-state index in [9.17, 15) is 22.8 Å². The second kappa shape index (κ2) is 6.99. The minimum absolute atomic E-state index is 0.204. The highest BCUT2D eigenvalue weighted by Gasteiger charge is 2.29. The summed E-state index contributed by atoms with van der Waals surface area (Å²) in [6.07, 6.45) is 1.10. The number of nitrogens with one attached hydrogen (secondary N) is 1. The first-order valence-corrected chi connectivity index (χ1v) is 7.29. The molecule has 3 N–H and O–H groups in total. The average Bonchev–Trinajstić information content (AvgIpc) is 2.54. The van der Waals surface area contributed by atoms with Crippen LogP contribution in [0.3, 0.4) is 0 Å². The van der Waals surface area contributed by atoms with Gasteiger partial charge in [-0.15, -0.1) is 0 Å². The summed E-state index contributed by atoms with van der Waals surface area (Å²) in [6.45, 7) is 2.63. The largest absolute Gasteiger partial charge is 0.369 e. The summed E-state index contributed by atoms with van der Waals surface area (Å²) in [5, 5.41) is 2.26. The first-order valence-electron chi connectivity index (χ1n) is 7.29. The lowest BCUT2D eigenvalue weighted by Gasteiger charge is -2.34. The molecule has 1 atom stereocenters. The molecule has 2 amide bonds. The van der Waals surface area contributed by atoms with Gasteiger partial charge >= 0.3 is 0 Å². The zero-order valence-electron chi connectivity index (χ0n) is 12.6. The molecule has 1 aliphatic rings. The predicted octanol–water partition coefficient (Wildman–Crippen LogP) is 1.63.